The number of fused-ring (bicyclic) bond motifs is 1. The lowest BCUT2D eigenvalue weighted by Gasteiger charge is -2.09. The molecule has 0 saturated heterocycles. The smallest absolute Gasteiger partial charge is 0.343 e. The van der Waals surface area contributed by atoms with Gasteiger partial charge in [0.1, 0.15) is 5.52 Å². The molecule has 0 aliphatic carbocycles. The quantitative estimate of drug-likeness (QED) is 0.327. The number of pyridine rings is 1. The topological polar surface area (TPSA) is 73.3 Å². The van der Waals surface area contributed by atoms with Gasteiger partial charge in [0, 0.05) is 11.1 Å². The first-order chi connectivity index (χ1) is 14.8. The van der Waals surface area contributed by atoms with Crippen LogP contribution in [0.25, 0.3) is 10.9 Å². The molecule has 4 rings (SSSR count). The van der Waals surface area contributed by atoms with E-state index in [9.17, 15) is 13.2 Å². The molecule has 0 bridgehead atoms. The summed E-state index contributed by atoms with van der Waals surface area (Å²) in [5.74, 6) is -0.279. The van der Waals surface area contributed by atoms with Crippen LogP contribution in [0, 0.1) is 13.8 Å². The van der Waals surface area contributed by atoms with Gasteiger partial charge < -0.3 is 4.74 Å². The molecule has 0 fully saturated rings. The van der Waals surface area contributed by atoms with E-state index in [0.717, 1.165) is 16.6 Å². The van der Waals surface area contributed by atoms with Crippen LogP contribution >= 0.6 is 0 Å². The van der Waals surface area contributed by atoms with Gasteiger partial charge in [-0.3, -0.25) is 0 Å². The van der Waals surface area contributed by atoms with Crippen molar-refractivity contribution in [3.05, 3.63) is 101 Å². The van der Waals surface area contributed by atoms with Crippen molar-refractivity contribution >= 4 is 26.7 Å². The van der Waals surface area contributed by atoms with Gasteiger partial charge in [-0.1, -0.05) is 48.0 Å². The summed E-state index contributed by atoms with van der Waals surface area (Å²) in [6, 6.07) is 22.4. The Hall–Kier alpha value is -3.51. The molecule has 31 heavy (non-hydrogen) atoms. The highest BCUT2D eigenvalue weighted by atomic mass is 32.2. The number of para-hydroxylation sites is 1. The van der Waals surface area contributed by atoms with Gasteiger partial charge in [-0.15, -0.1) is 0 Å². The number of esters is 1. The van der Waals surface area contributed by atoms with Crippen molar-refractivity contribution in [1.29, 1.82) is 0 Å². The van der Waals surface area contributed by atoms with Crippen LogP contribution in [0.15, 0.2) is 83.8 Å². The third-order valence-electron chi connectivity index (χ3n) is 4.95. The second-order valence-electron chi connectivity index (χ2n) is 7.44. The first kappa shape index (κ1) is 20.8. The zero-order valence-corrected chi connectivity index (χ0v) is 18.0. The summed E-state index contributed by atoms with van der Waals surface area (Å²) < 4.78 is 30.8. The van der Waals surface area contributed by atoms with Crippen molar-refractivity contribution in [2.45, 2.75) is 24.5 Å². The van der Waals surface area contributed by atoms with Crippen LogP contribution in [0.2, 0.25) is 0 Å². The Bertz CT molecular complexity index is 1360. The number of aromatic nitrogens is 1. The number of nitrogens with zero attached hydrogens (tertiary/aromatic N) is 1. The predicted molar refractivity (Wildman–Crippen MR) is 120 cm³/mol. The highest BCUT2D eigenvalue weighted by molar-refractivity contribution is 7.90. The van der Waals surface area contributed by atoms with Gasteiger partial charge in [0.2, 0.25) is 0 Å². The maximum Gasteiger partial charge on any atom is 0.343 e. The van der Waals surface area contributed by atoms with E-state index in [4.69, 9.17) is 4.74 Å². The lowest BCUT2D eigenvalue weighted by molar-refractivity contribution is 0.0736. The summed E-state index contributed by atoms with van der Waals surface area (Å²) in [5, 5.41) is 0.882. The van der Waals surface area contributed by atoms with Crippen LogP contribution in [0.1, 0.15) is 27.2 Å². The predicted octanol–water partition coefficient (Wildman–Crippen LogP) is 5.04. The Morgan fingerprint density at radius 2 is 1.58 bits per heavy atom. The summed E-state index contributed by atoms with van der Waals surface area (Å²) in [7, 11) is -3.46. The fraction of sp³-hybridized carbons (Fsp3) is 0.120. The lowest BCUT2D eigenvalue weighted by atomic mass is 10.1. The summed E-state index contributed by atoms with van der Waals surface area (Å²) in [4.78, 5) is 17.4. The van der Waals surface area contributed by atoms with Crippen LogP contribution in [0.3, 0.4) is 0 Å². The van der Waals surface area contributed by atoms with Crippen LogP contribution in [0.5, 0.6) is 5.75 Å². The van der Waals surface area contributed by atoms with E-state index in [-0.39, 0.29) is 10.6 Å². The Kier molecular flexibility index (Phi) is 5.57. The van der Waals surface area contributed by atoms with Gasteiger partial charge in [0.05, 0.1) is 16.2 Å². The molecule has 0 spiro atoms. The van der Waals surface area contributed by atoms with Crippen LogP contribution in [-0.4, -0.2) is 19.4 Å². The summed E-state index contributed by atoms with van der Waals surface area (Å²) >= 11 is 0. The average Bonchev–Trinajstić information content (AvgIpc) is 2.74. The Balaban J connectivity index is 1.51. The number of rotatable bonds is 5. The molecule has 156 valence electrons. The minimum Gasteiger partial charge on any atom is -0.421 e. The summed E-state index contributed by atoms with van der Waals surface area (Å²) in [5.41, 5.74) is 3.38. The Labute approximate surface area is 181 Å². The lowest BCUT2D eigenvalue weighted by Crippen LogP contribution is -2.10. The molecular weight excluding hydrogens is 410 g/mol. The van der Waals surface area contributed by atoms with Crippen LogP contribution in [-0.2, 0) is 15.6 Å². The first-order valence-electron chi connectivity index (χ1n) is 9.79. The zero-order chi connectivity index (χ0) is 22.0. The molecule has 0 aliphatic rings. The maximum absolute atomic E-state index is 12.6. The molecule has 3 aromatic carbocycles. The number of sulfone groups is 1. The number of aryl methyl sites for hydroxylation is 2. The number of carbonyl (C=O) groups is 1. The molecule has 0 amide bonds. The highest BCUT2D eigenvalue weighted by Crippen LogP contribution is 2.25. The van der Waals surface area contributed by atoms with Gasteiger partial charge in [-0.2, -0.15) is 0 Å². The molecule has 1 aromatic heterocycles. The van der Waals surface area contributed by atoms with Crippen molar-refractivity contribution in [1.82, 2.24) is 4.98 Å². The number of benzene rings is 3. The molecule has 0 unspecified atom stereocenters. The summed E-state index contributed by atoms with van der Waals surface area (Å²) in [6.07, 6.45) is 0. The zero-order valence-electron chi connectivity index (χ0n) is 17.2. The van der Waals surface area contributed by atoms with Crippen LogP contribution in [0.4, 0.5) is 0 Å². The van der Waals surface area contributed by atoms with Gasteiger partial charge in [-0.05, 0) is 55.8 Å². The van der Waals surface area contributed by atoms with E-state index in [2.05, 4.69) is 4.98 Å². The van der Waals surface area contributed by atoms with Crippen molar-refractivity contribution in [2.24, 2.45) is 0 Å². The second kappa shape index (κ2) is 8.32. The van der Waals surface area contributed by atoms with Crippen molar-refractivity contribution in [2.75, 3.05) is 0 Å². The molecule has 0 N–H and O–H groups in total. The molecule has 5 nitrogen and oxygen atoms in total. The van der Waals surface area contributed by atoms with E-state index in [1.165, 1.54) is 0 Å². The van der Waals surface area contributed by atoms with Crippen molar-refractivity contribution < 1.29 is 17.9 Å². The van der Waals surface area contributed by atoms with Gasteiger partial charge in [0.15, 0.2) is 15.6 Å². The fourth-order valence-electron chi connectivity index (χ4n) is 3.24. The maximum atomic E-state index is 12.6. The van der Waals surface area contributed by atoms with Gasteiger partial charge in [0.25, 0.3) is 0 Å². The van der Waals surface area contributed by atoms with E-state index in [1.54, 1.807) is 60.7 Å². The molecule has 0 atom stereocenters. The molecular formula is C25H21NO4S. The molecule has 0 radical (unpaired) electrons. The number of ether oxygens (including phenoxy) is 1. The first-order valence-corrected chi connectivity index (χ1v) is 11.4. The van der Waals surface area contributed by atoms with Gasteiger partial charge >= 0.3 is 5.97 Å². The minimum absolute atomic E-state index is 0.141. The monoisotopic (exact) mass is 431 g/mol. The highest BCUT2D eigenvalue weighted by Gasteiger charge is 2.16. The van der Waals surface area contributed by atoms with E-state index in [0.29, 0.717) is 22.4 Å². The van der Waals surface area contributed by atoms with Crippen molar-refractivity contribution in [3.63, 3.8) is 0 Å². The SMILES string of the molecule is Cc1ccc(S(=O)(=O)Cc2ccc(C(=O)Oc3cccc4ccc(C)nc34)cc2)cc1. The Morgan fingerprint density at radius 1 is 0.871 bits per heavy atom. The number of carbonyl (C=O) groups excluding carboxylic acids is 1. The number of hydrogen-bond acceptors (Lipinski definition) is 5. The second-order valence-corrected chi connectivity index (χ2v) is 9.43. The molecule has 0 saturated carbocycles. The standard InChI is InChI=1S/C25H21NO4S/c1-17-6-14-22(15-7-17)31(28,29)16-19-9-12-21(13-10-19)25(27)30-23-5-3-4-20-11-8-18(2)26-24(20)23/h3-15H,16H2,1-2H3. The molecule has 6 heteroatoms. The van der Waals surface area contributed by atoms with Gasteiger partial charge in [-0.25, -0.2) is 18.2 Å². The third-order valence-corrected chi connectivity index (χ3v) is 6.66. The van der Waals surface area contributed by atoms with Crippen LogP contribution < -0.4 is 4.74 Å². The molecule has 0 aliphatic heterocycles. The fourth-order valence-corrected chi connectivity index (χ4v) is 4.59. The minimum atomic E-state index is -3.46. The molecule has 4 aromatic rings. The van der Waals surface area contributed by atoms with Crippen molar-refractivity contribution in [3.8, 4) is 5.75 Å². The third kappa shape index (κ3) is 4.64. The Morgan fingerprint density at radius 3 is 2.29 bits per heavy atom. The number of hydrogen-bond donors (Lipinski definition) is 0. The van der Waals surface area contributed by atoms with E-state index < -0.39 is 15.8 Å². The summed E-state index contributed by atoms with van der Waals surface area (Å²) in [6.45, 7) is 3.78. The van der Waals surface area contributed by atoms with E-state index >= 15 is 0 Å². The normalized spacial score (nSPS) is 11.4. The largest absolute Gasteiger partial charge is 0.421 e. The average molecular weight is 432 g/mol. The van der Waals surface area contributed by atoms with E-state index in [1.807, 2.05) is 32.0 Å². The molecule has 1 heterocycles.